The van der Waals surface area contributed by atoms with Crippen LogP contribution in [0, 0.1) is 10.8 Å². The molecule has 3 aliphatic heterocycles. The quantitative estimate of drug-likeness (QED) is 0.660. The first-order valence-electron chi connectivity index (χ1n) is 10.1. The molecule has 4 aliphatic rings. The van der Waals surface area contributed by atoms with Crippen LogP contribution in [0.25, 0.3) is 0 Å². The predicted octanol–water partition coefficient (Wildman–Crippen LogP) is 4.17. The van der Waals surface area contributed by atoms with Crippen LogP contribution in [0.2, 0.25) is 0 Å². The molecule has 24 heavy (non-hydrogen) atoms. The zero-order valence-corrected chi connectivity index (χ0v) is 17.1. The Morgan fingerprint density at radius 3 is 1.46 bits per heavy atom. The molecule has 0 unspecified atom stereocenters. The molecule has 0 N–H and O–H groups in total. The van der Waals surface area contributed by atoms with Crippen molar-refractivity contribution in [1.82, 2.24) is 9.80 Å². The second-order valence-electron chi connectivity index (χ2n) is 11.0. The Hall–Kier alpha value is -0.120. The van der Waals surface area contributed by atoms with Gasteiger partial charge in [0.15, 0.2) is 0 Å². The summed E-state index contributed by atoms with van der Waals surface area (Å²) in [6.45, 7) is 21.0. The second kappa shape index (κ2) is 6.25. The van der Waals surface area contributed by atoms with Crippen molar-refractivity contribution in [2.75, 3.05) is 39.4 Å². The van der Waals surface area contributed by atoms with Gasteiger partial charge in [-0.1, -0.05) is 6.42 Å². The molecule has 0 aromatic carbocycles. The Labute approximate surface area is 150 Å². The van der Waals surface area contributed by atoms with E-state index in [1.807, 2.05) is 0 Å². The molecule has 3 saturated heterocycles. The summed E-state index contributed by atoms with van der Waals surface area (Å²) in [7, 11) is 0. The highest BCUT2D eigenvalue weighted by atomic mass is 16.5. The average Bonchev–Trinajstić information content (AvgIpc) is 2.31. The Bertz CT molecular complexity index is 420. The van der Waals surface area contributed by atoms with E-state index >= 15 is 0 Å². The summed E-state index contributed by atoms with van der Waals surface area (Å²) < 4.78 is 5.21. The van der Waals surface area contributed by atoms with Crippen LogP contribution in [0.3, 0.4) is 0 Å². The third kappa shape index (κ3) is 3.83. The number of ether oxygens (including phenoxy) is 1. The molecule has 3 heterocycles. The van der Waals surface area contributed by atoms with Gasteiger partial charge in [-0.05, 0) is 85.7 Å². The molecule has 0 atom stereocenters. The third-order valence-electron chi connectivity index (χ3n) is 7.00. The fraction of sp³-hybridized carbons (Fsp3) is 1.00. The summed E-state index contributed by atoms with van der Waals surface area (Å²) in [4.78, 5) is 5.17. The SMILES string of the molecule is CC(C)(C)N1CC2(COC2)C1.CC(C)(C)N1CCC2(CCC2)CC1. The van der Waals surface area contributed by atoms with Gasteiger partial charge in [0.05, 0.1) is 13.2 Å². The molecule has 0 aromatic rings. The highest BCUT2D eigenvalue weighted by Crippen LogP contribution is 2.49. The van der Waals surface area contributed by atoms with Crippen LogP contribution < -0.4 is 0 Å². The van der Waals surface area contributed by atoms with Crippen molar-refractivity contribution in [2.45, 2.75) is 84.7 Å². The largest absolute Gasteiger partial charge is 0.380 e. The van der Waals surface area contributed by atoms with Gasteiger partial charge in [-0.2, -0.15) is 0 Å². The zero-order valence-electron chi connectivity index (χ0n) is 17.1. The lowest BCUT2D eigenvalue weighted by atomic mass is 9.63. The van der Waals surface area contributed by atoms with Crippen LogP contribution in [0.15, 0.2) is 0 Å². The first-order valence-corrected chi connectivity index (χ1v) is 10.1. The highest BCUT2D eigenvalue weighted by Gasteiger charge is 2.51. The lowest BCUT2D eigenvalue weighted by Crippen LogP contribution is -2.69. The van der Waals surface area contributed by atoms with E-state index in [1.54, 1.807) is 0 Å². The van der Waals surface area contributed by atoms with Gasteiger partial charge >= 0.3 is 0 Å². The van der Waals surface area contributed by atoms with Crippen LogP contribution in [0.1, 0.15) is 73.6 Å². The molecule has 1 aliphatic carbocycles. The van der Waals surface area contributed by atoms with Crippen LogP contribution in [-0.4, -0.2) is 60.3 Å². The van der Waals surface area contributed by atoms with Crippen LogP contribution in [-0.2, 0) is 4.74 Å². The van der Waals surface area contributed by atoms with E-state index in [4.69, 9.17) is 4.74 Å². The van der Waals surface area contributed by atoms with Crippen molar-refractivity contribution in [2.24, 2.45) is 10.8 Å². The number of piperidine rings is 1. The molecular weight excluding hydrogens is 296 g/mol. The molecule has 0 amide bonds. The van der Waals surface area contributed by atoms with Gasteiger partial charge in [0.25, 0.3) is 0 Å². The molecule has 2 spiro atoms. The topological polar surface area (TPSA) is 15.7 Å². The fourth-order valence-corrected chi connectivity index (χ4v) is 4.64. The fourth-order valence-electron chi connectivity index (χ4n) is 4.64. The van der Waals surface area contributed by atoms with Crippen molar-refractivity contribution in [1.29, 1.82) is 0 Å². The Balaban J connectivity index is 0.000000143. The third-order valence-corrected chi connectivity index (χ3v) is 7.00. The standard InChI is InChI=1S/C12H23N.C9H17NO/c1-11(2,3)13-9-7-12(8-10-13)5-4-6-12;1-8(2,3)10-4-9(5-10)6-11-7-9/h4-10H2,1-3H3;4-7H2,1-3H3. The summed E-state index contributed by atoms with van der Waals surface area (Å²) in [6, 6.07) is 0. The molecule has 1 saturated carbocycles. The normalized spacial score (nSPS) is 29.2. The molecular formula is C21H40N2O. The van der Waals surface area contributed by atoms with Crippen molar-refractivity contribution < 1.29 is 4.74 Å². The maximum Gasteiger partial charge on any atom is 0.0569 e. The molecule has 4 rings (SSSR count). The van der Waals surface area contributed by atoms with Crippen LogP contribution in [0.5, 0.6) is 0 Å². The zero-order chi connectivity index (χ0) is 17.6. The monoisotopic (exact) mass is 336 g/mol. The van der Waals surface area contributed by atoms with E-state index in [2.05, 4.69) is 51.3 Å². The molecule has 0 bridgehead atoms. The molecule has 3 nitrogen and oxygen atoms in total. The molecule has 0 aromatic heterocycles. The van der Waals surface area contributed by atoms with E-state index < -0.39 is 0 Å². The maximum absolute atomic E-state index is 5.21. The minimum atomic E-state index is 0.362. The maximum atomic E-state index is 5.21. The summed E-state index contributed by atoms with van der Waals surface area (Å²) >= 11 is 0. The van der Waals surface area contributed by atoms with Gasteiger partial charge in [0, 0.05) is 29.6 Å². The minimum absolute atomic E-state index is 0.362. The predicted molar refractivity (Wildman–Crippen MR) is 101 cm³/mol. The van der Waals surface area contributed by atoms with E-state index in [0.29, 0.717) is 16.5 Å². The van der Waals surface area contributed by atoms with Crippen LogP contribution in [0.4, 0.5) is 0 Å². The Morgan fingerprint density at radius 2 is 1.17 bits per heavy atom. The molecule has 4 fully saturated rings. The summed E-state index contributed by atoms with van der Waals surface area (Å²) in [6.07, 6.45) is 7.46. The first kappa shape index (κ1) is 18.7. The lowest BCUT2D eigenvalue weighted by Gasteiger charge is -2.59. The number of hydrogen-bond donors (Lipinski definition) is 0. The summed E-state index contributed by atoms with van der Waals surface area (Å²) in [5, 5.41) is 0. The van der Waals surface area contributed by atoms with Gasteiger partial charge in [-0.15, -0.1) is 0 Å². The lowest BCUT2D eigenvalue weighted by molar-refractivity contribution is -0.207. The van der Waals surface area contributed by atoms with Gasteiger partial charge in [0.2, 0.25) is 0 Å². The van der Waals surface area contributed by atoms with Crippen molar-refractivity contribution in [3.05, 3.63) is 0 Å². The van der Waals surface area contributed by atoms with Crippen LogP contribution >= 0.6 is 0 Å². The molecule has 3 heteroatoms. The number of rotatable bonds is 0. The summed E-state index contributed by atoms with van der Waals surface area (Å²) in [5.41, 5.74) is 2.14. The van der Waals surface area contributed by atoms with E-state index in [0.717, 1.165) is 18.6 Å². The van der Waals surface area contributed by atoms with E-state index in [9.17, 15) is 0 Å². The molecule has 0 radical (unpaired) electrons. The second-order valence-corrected chi connectivity index (χ2v) is 11.0. The van der Waals surface area contributed by atoms with Gasteiger partial charge in [-0.25, -0.2) is 0 Å². The van der Waals surface area contributed by atoms with E-state index in [1.165, 1.54) is 58.3 Å². The average molecular weight is 337 g/mol. The summed E-state index contributed by atoms with van der Waals surface area (Å²) in [5.74, 6) is 0. The van der Waals surface area contributed by atoms with E-state index in [-0.39, 0.29) is 0 Å². The van der Waals surface area contributed by atoms with Crippen molar-refractivity contribution in [3.63, 3.8) is 0 Å². The minimum Gasteiger partial charge on any atom is -0.380 e. The molecule has 140 valence electrons. The number of likely N-dealkylation sites (tertiary alicyclic amines) is 2. The van der Waals surface area contributed by atoms with Gasteiger partial charge in [-0.3, -0.25) is 9.80 Å². The van der Waals surface area contributed by atoms with Crippen molar-refractivity contribution >= 4 is 0 Å². The smallest absolute Gasteiger partial charge is 0.0569 e. The highest BCUT2D eigenvalue weighted by molar-refractivity contribution is 5.03. The van der Waals surface area contributed by atoms with Gasteiger partial charge in [0.1, 0.15) is 0 Å². The number of nitrogens with zero attached hydrogens (tertiary/aromatic N) is 2. The Kier molecular flexibility index (Phi) is 4.86. The first-order chi connectivity index (χ1) is 11.0. The van der Waals surface area contributed by atoms with Crippen molar-refractivity contribution in [3.8, 4) is 0 Å². The Morgan fingerprint density at radius 1 is 0.667 bits per heavy atom. The van der Waals surface area contributed by atoms with Gasteiger partial charge < -0.3 is 4.74 Å². The number of hydrogen-bond acceptors (Lipinski definition) is 3.